The van der Waals surface area contributed by atoms with Gasteiger partial charge in [0.25, 0.3) is 5.91 Å². The van der Waals surface area contributed by atoms with Gasteiger partial charge in [0.1, 0.15) is 17.0 Å². The van der Waals surface area contributed by atoms with Gasteiger partial charge in [0.2, 0.25) is 11.8 Å². The molecular weight excluding hydrogens is 540 g/mol. The summed E-state index contributed by atoms with van der Waals surface area (Å²) in [6.07, 6.45) is 12.3. The predicted octanol–water partition coefficient (Wildman–Crippen LogP) is 4.77. The highest BCUT2D eigenvalue weighted by molar-refractivity contribution is 7.99. The van der Waals surface area contributed by atoms with Crippen LogP contribution >= 0.6 is 11.9 Å². The molecule has 2 aliphatic carbocycles. The lowest BCUT2D eigenvalue weighted by molar-refractivity contribution is -0.145. The zero-order valence-electron chi connectivity index (χ0n) is 23.8. The monoisotopic (exact) mass is 582 g/mol. The molecule has 1 aliphatic heterocycles. The summed E-state index contributed by atoms with van der Waals surface area (Å²) in [5.41, 5.74) is 1.11. The van der Waals surface area contributed by atoms with Crippen LogP contribution in [0.15, 0.2) is 30.3 Å². The number of rotatable bonds is 10. The summed E-state index contributed by atoms with van der Waals surface area (Å²) in [5.74, 6) is -1.21. The lowest BCUT2D eigenvalue weighted by Gasteiger charge is -2.33. The maximum atomic E-state index is 13.7. The Hall–Kier alpha value is -3.01. The van der Waals surface area contributed by atoms with E-state index in [1.165, 1.54) is 20.0 Å². The summed E-state index contributed by atoms with van der Waals surface area (Å²) >= 11 is 1.10. The molecule has 1 spiro atoms. The molecule has 222 valence electrons. The van der Waals surface area contributed by atoms with Crippen molar-refractivity contribution in [2.75, 3.05) is 7.11 Å². The predicted molar refractivity (Wildman–Crippen MR) is 159 cm³/mol. The Labute approximate surface area is 245 Å². The SMILES string of the molecule is COC(=O)C(CC1CC2(CCCCC2)NC1=O)NC(=O)[C@H](CC1CCCCC1)SNC(=O)c1cc2ccccc2[nH]1. The van der Waals surface area contributed by atoms with E-state index < -0.39 is 17.3 Å². The molecule has 2 unspecified atom stereocenters. The second-order valence-electron chi connectivity index (χ2n) is 12.1. The van der Waals surface area contributed by atoms with Crippen molar-refractivity contribution in [3.63, 3.8) is 0 Å². The number of nitrogens with one attached hydrogen (secondary N) is 4. The van der Waals surface area contributed by atoms with E-state index in [1.54, 1.807) is 6.07 Å². The van der Waals surface area contributed by atoms with Crippen LogP contribution < -0.4 is 15.4 Å². The van der Waals surface area contributed by atoms with Gasteiger partial charge in [-0.15, -0.1) is 0 Å². The van der Waals surface area contributed by atoms with E-state index in [2.05, 4.69) is 20.3 Å². The summed E-state index contributed by atoms with van der Waals surface area (Å²) in [4.78, 5) is 55.6. The maximum Gasteiger partial charge on any atom is 0.328 e. The van der Waals surface area contributed by atoms with Crippen LogP contribution in [0.4, 0.5) is 0 Å². The number of hydrogen-bond acceptors (Lipinski definition) is 6. The molecule has 0 bridgehead atoms. The lowest BCUT2D eigenvalue weighted by Crippen LogP contribution is -2.47. The Morgan fingerprint density at radius 2 is 1.78 bits per heavy atom. The van der Waals surface area contributed by atoms with Crippen LogP contribution in [0.1, 0.15) is 94.0 Å². The summed E-state index contributed by atoms with van der Waals surface area (Å²) in [5, 5.41) is 6.47. The Morgan fingerprint density at radius 3 is 2.51 bits per heavy atom. The van der Waals surface area contributed by atoms with Gasteiger partial charge < -0.3 is 20.4 Å². The Kier molecular flexibility index (Phi) is 9.57. The Morgan fingerprint density at radius 1 is 1.05 bits per heavy atom. The maximum absolute atomic E-state index is 13.7. The first-order valence-electron chi connectivity index (χ1n) is 15.1. The molecule has 3 atom stereocenters. The van der Waals surface area contributed by atoms with E-state index in [1.807, 2.05) is 24.3 Å². The summed E-state index contributed by atoms with van der Waals surface area (Å²) in [6, 6.07) is 8.52. The number of carbonyl (C=O) groups excluding carboxylic acids is 4. The third-order valence-corrected chi connectivity index (χ3v) is 10.2. The van der Waals surface area contributed by atoms with E-state index in [4.69, 9.17) is 4.74 Å². The number of amides is 3. The third-order valence-electron chi connectivity index (χ3n) is 9.16. The van der Waals surface area contributed by atoms with Crippen molar-refractivity contribution < 1.29 is 23.9 Å². The smallest absolute Gasteiger partial charge is 0.328 e. The van der Waals surface area contributed by atoms with Crippen molar-refractivity contribution in [1.29, 1.82) is 0 Å². The second-order valence-corrected chi connectivity index (χ2v) is 13.1. The number of ether oxygens (including phenoxy) is 1. The highest BCUT2D eigenvalue weighted by atomic mass is 32.2. The molecule has 3 fully saturated rings. The largest absolute Gasteiger partial charge is 0.467 e. The zero-order valence-corrected chi connectivity index (χ0v) is 24.7. The van der Waals surface area contributed by atoms with Crippen LogP contribution in [0.2, 0.25) is 0 Å². The van der Waals surface area contributed by atoms with E-state index in [-0.39, 0.29) is 35.6 Å². The fraction of sp³-hybridized carbons (Fsp3) is 0.613. The van der Waals surface area contributed by atoms with Crippen molar-refractivity contribution >= 4 is 46.5 Å². The van der Waals surface area contributed by atoms with E-state index >= 15 is 0 Å². The van der Waals surface area contributed by atoms with Gasteiger partial charge in [0.05, 0.1) is 7.11 Å². The minimum absolute atomic E-state index is 0.0474. The van der Waals surface area contributed by atoms with Gasteiger partial charge in [0, 0.05) is 22.4 Å². The van der Waals surface area contributed by atoms with Gasteiger partial charge in [0.15, 0.2) is 0 Å². The van der Waals surface area contributed by atoms with Crippen molar-refractivity contribution in [2.45, 2.75) is 100 Å². The molecular formula is C31H42N4O5S. The standard InChI is InChI=1S/C31H42N4O5S/c1-40-30(39)25(18-22-19-31(34-27(22)36)14-8-3-9-15-31)33-29(38)26(16-20-10-4-2-5-11-20)41-35-28(37)24-17-21-12-6-7-13-23(21)32-24/h6-7,12-13,17,20,22,25-26,32H,2-5,8-11,14-16,18-19H2,1H3,(H,33,38)(H,34,36)(H,35,37)/t22?,25?,26-/m0/s1. The van der Waals surface area contributed by atoms with Crippen LogP contribution in [0.5, 0.6) is 0 Å². The summed E-state index contributed by atoms with van der Waals surface area (Å²) in [6.45, 7) is 0. The van der Waals surface area contributed by atoms with E-state index in [9.17, 15) is 19.2 Å². The molecule has 1 aromatic heterocycles. The fourth-order valence-electron chi connectivity index (χ4n) is 6.94. The molecule has 5 rings (SSSR count). The summed E-state index contributed by atoms with van der Waals surface area (Å²) < 4.78 is 7.92. The first kappa shape index (κ1) is 29.5. The van der Waals surface area contributed by atoms with Crippen LogP contribution in [-0.4, -0.2) is 52.6 Å². The van der Waals surface area contributed by atoms with Crippen molar-refractivity contribution in [3.05, 3.63) is 36.0 Å². The fourth-order valence-corrected chi connectivity index (χ4v) is 7.84. The number of esters is 1. The average molecular weight is 583 g/mol. The zero-order chi connectivity index (χ0) is 28.8. The van der Waals surface area contributed by atoms with Crippen LogP contribution in [0.25, 0.3) is 10.9 Å². The number of methoxy groups -OCH3 is 1. The number of benzene rings is 1. The minimum Gasteiger partial charge on any atom is -0.467 e. The van der Waals surface area contributed by atoms with Crippen molar-refractivity contribution in [3.8, 4) is 0 Å². The number of para-hydroxylation sites is 1. The number of carbonyl (C=O) groups is 4. The first-order chi connectivity index (χ1) is 19.9. The first-order valence-corrected chi connectivity index (χ1v) is 16.0. The summed E-state index contributed by atoms with van der Waals surface area (Å²) in [7, 11) is 1.30. The molecule has 4 N–H and O–H groups in total. The topological polar surface area (TPSA) is 129 Å². The highest BCUT2D eigenvalue weighted by Crippen LogP contribution is 2.39. The van der Waals surface area contributed by atoms with Crippen LogP contribution in [0, 0.1) is 11.8 Å². The lowest BCUT2D eigenvalue weighted by atomic mass is 9.78. The number of aromatic nitrogens is 1. The molecule has 1 saturated heterocycles. The number of fused-ring (bicyclic) bond motifs is 1. The molecule has 2 aromatic rings. The van der Waals surface area contributed by atoms with E-state index in [0.717, 1.165) is 74.2 Å². The third kappa shape index (κ3) is 7.26. The minimum atomic E-state index is -0.930. The average Bonchev–Trinajstić information content (AvgIpc) is 3.55. The Bertz CT molecular complexity index is 1220. The van der Waals surface area contributed by atoms with Crippen molar-refractivity contribution in [2.24, 2.45) is 11.8 Å². The Balaban J connectivity index is 1.25. The molecule has 2 heterocycles. The molecule has 3 amide bonds. The van der Waals surface area contributed by atoms with Gasteiger partial charge in [-0.1, -0.05) is 69.6 Å². The molecule has 10 heteroatoms. The molecule has 1 aromatic carbocycles. The quantitative estimate of drug-likeness (QED) is 0.236. The highest BCUT2D eigenvalue weighted by Gasteiger charge is 2.46. The van der Waals surface area contributed by atoms with Gasteiger partial charge in [-0.25, -0.2) is 4.79 Å². The normalized spacial score (nSPS) is 22.2. The van der Waals surface area contributed by atoms with E-state index in [0.29, 0.717) is 24.5 Å². The van der Waals surface area contributed by atoms with Gasteiger partial charge >= 0.3 is 5.97 Å². The second kappa shape index (κ2) is 13.3. The van der Waals surface area contributed by atoms with Gasteiger partial charge in [-0.3, -0.25) is 19.1 Å². The molecule has 2 saturated carbocycles. The molecule has 0 radical (unpaired) electrons. The molecule has 9 nitrogen and oxygen atoms in total. The number of aromatic amines is 1. The van der Waals surface area contributed by atoms with Crippen LogP contribution in [0.3, 0.4) is 0 Å². The van der Waals surface area contributed by atoms with Gasteiger partial charge in [-0.05, 0) is 62.1 Å². The number of hydrogen-bond donors (Lipinski definition) is 4. The van der Waals surface area contributed by atoms with Crippen LogP contribution in [-0.2, 0) is 19.1 Å². The van der Waals surface area contributed by atoms with Crippen molar-refractivity contribution in [1.82, 2.24) is 20.3 Å². The molecule has 41 heavy (non-hydrogen) atoms. The number of H-pyrrole nitrogens is 1. The van der Waals surface area contributed by atoms with Gasteiger partial charge in [-0.2, -0.15) is 0 Å². The molecule has 3 aliphatic rings.